The first-order valence-corrected chi connectivity index (χ1v) is 7.54. The van der Waals surface area contributed by atoms with E-state index < -0.39 is 6.04 Å². The number of carbonyl (C=O) groups is 1. The van der Waals surface area contributed by atoms with Gasteiger partial charge in [0.15, 0.2) is 5.82 Å². The number of H-pyrrole nitrogens is 1. The van der Waals surface area contributed by atoms with Gasteiger partial charge < -0.3 is 16.4 Å². The Kier molecular flexibility index (Phi) is 5.73. The molecule has 0 saturated heterocycles. The summed E-state index contributed by atoms with van der Waals surface area (Å²) in [7, 11) is 0. The number of nitrogens with two attached hydrogens (primary N) is 1. The molecule has 0 fully saturated rings. The summed E-state index contributed by atoms with van der Waals surface area (Å²) in [4.78, 5) is 11.8. The third-order valence-corrected chi connectivity index (χ3v) is 3.59. The number of aromatic amines is 1. The van der Waals surface area contributed by atoms with Crippen LogP contribution in [0.4, 0.5) is 15.0 Å². The van der Waals surface area contributed by atoms with Gasteiger partial charge in [0.1, 0.15) is 17.4 Å². The van der Waals surface area contributed by atoms with Crippen LogP contribution in [0.15, 0.2) is 24.3 Å². The predicted octanol–water partition coefficient (Wildman–Crippen LogP) is 2.00. The minimum atomic E-state index is -0.441. The summed E-state index contributed by atoms with van der Waals surface area (Å²) >= 11 is 0. The third kappa shape index (κ3) is 4.23. The number of nitrogen functional groups attached to an aromatic ring is 1. The van der Waals surface area contributed by atoms with E-state index >= 15 is 0 Å². The number of aromatic nitrogens is 2. The van der Waals surface area contributed by atoms with Crippen LogP contribution in [0.2, 0.25) is 0 Å². The highest BCUT2D eigenvalue weighted by Crippen LogP contribution is 2.16. The van der Waals surface area contributed by atoms with Crippen molar-refractivity contribution in [2.45, 2.75) is 25.8 Å². The van der Waals surface area contributed by atoms with Gasteiger partial charge in [-0.1, -0.05) is 18.2 Å². The van der Waals surface area contributed by atoms with Crippen LogP contribution in [0.5, 0.6) is 0 Å². The summed E-state index contributed by atoms with van der Waals surface area (Å²) in [5.74, 6) is -0.178. The minimum absolute atomic E-state index is 0.178. The number of carbonyl (C=O) groups excluding carboxylic acids is 1. The van der Waals surface area contributed by atoms with Gasteiger partial charge in [-0.2, -0.15) is 10.4 Å². The molecule has 2 aromatic rings. The van der Waals surface area contributed by atoms with Crippen molar-refractivity contribution in [3.63, 3.8) is 0 Å². The topological polar surface area (TPSA) is 120 Å². The Morgan fingerprint density at radius 1 is 1.50 bits per heavy atom. The van der Waals surface area contributed by atoms with E-state index in [2.05, 4.69) is 20.8 Å². The van der Waals surface area contributed by atoms with Gasteiger partial charge in [0, 0.05) is 12.1 Å². The molecule has 0 aliphatic carbocycles. The zero-order chi connectivity index (χ0) is 17.5. The van der Waals surface area contributed by atoms with E-state index in [-0.39, 0.29) is 17.7 Å². The molecule has 0 aliphatic rings. The Bertz CT molecular complexity index is 751. The number of amides is 2. The maximum atomic E-state index is 13.6. The predicted molar refractivity (Wildman–Crippen MR) is 87.4 cm³/mol. The first-order valence-electron chi connectivity index (χ1n) is 7.54. The van der Waals surface area contributed by atoms with E-state index in [0.717, 1.165) is 0 Å². The molecule has 0 radical (unpaired) electrons. The van der Waals surface area contributed by atoms with E-state index in [4.69, 9.17) is 11.0 Å². The quantitative estimate of drug-likeness (QED) is 0.605. The Morgan fingerprint density at radius 3 is 2.96 bits per heavy atom. The lowest BCUT2D eigenvalue weighted by atomic mass is 10.1. The summed E-state index contributed by atoms with van der Waals surface area (Å²) in [6.07, 6.45) is 1.15. The van der Waals surface area contributed by atoms with Gasteiger partial charge >= 0.3 is 6.03 Å². The lowest BCUT2D eigenvalue weighted by Crippen LogP contribution is -2.37. The van der Waals surface area contributed by atoms with Gasteiger partial charge in [-0.05, 0) is 25.8 Å². The van der Waals surface area contributed by atoms with Gasteiger partial charge in [0.05, 0.1) is 11.7 Å². The first kappa shape index (κ1) is 17.3. The molecule has 0 bridgehead atoms. The van der Waals surface area contributed by atoms with Crippen LogP contribution in [-0.4, -0.2) is 22.8 Å². The van der Waals surface area contributed by atoms with Gasteiger partial charge in [-0.25, -0.2) is 9.18 Å². The van der Waals surface area contributed by atoms with Crippen molar-refractivity contribution in [1.82, 2.24) is 20.8 Å². The Balaban J connectivity index is 1.76. The number of hydrogen-bond donors (Lipinski definition) is 4. The molecule has 5 N–H and O–H groups in total. The fraction of sp³-hybridized carbons (Fsp3) is 0.312. The summed E-state index contributed by atoms with van der Waals surface area (Å²) < 4.78 is 13.6. The van der Waals surface area contributed by atoms with Gasteiger partial charge in [-0.15, -0.1) is 0 Å². The van der Waals surface area contributed by atoms with Crippen LogP contribution in [-0.2, 0) is 6.42 Å². The highest BCUT2D eigenvalue weighted by molar-refractivity contribution is 5.74. The van der Waals surface area contributed by atoms with Crippen LogP contribution in [0.1, 0.15) is 36.2 Å². The number of halogens is 1. The number of nitrogens with zero attached hydrogens (tertiary/aromatic N) is 2. The van der Waals surface area contributed by atoms with Crippen LogP contribution in [0.25, 0.3) is 0 Å². The molecule has 1 aromatic heterocycles. The lowest BCUT2D eigenvalue weighted by molar-refractivity contribution is 0.237. The van der Waals surface area contributed by atoms with Crippen LogP contribution in [0.3, 0.4) is 0 Å². The van der Waals surface area contributed by atoms with Crippen LogP contribution < -0.4 is 16.4 Å². The van der Waals surface area contributed by atoms with Crippen LogP contribution in [0, 0.1) is 17.1 Å². The van der Waals surface area contributed by atoms with Crippen molar-refractivity contribution < 1.29 is 9.18 Å². The normalized spacial score (nSPS) is 11.5. The second-order valence-electron chi connectivity index (χ2n) is 5.32. The van der Waals surface area contributed by atoms with Crippen molar-refractivity contribution in [2.24, 2.45) is 0 Å². The van der Waals surface area contributed by atoms with Crippen LogP contribution >= 0.6 is 0 Å². The molecule has 24 heavy (non-hydrogen) atoms. The SMILES string of the molecule is C[C@H](NC(=O)NCCCc1[nH]nc(N)c1C#N)c1ccccc1F. The molecule has 1 heterocycles. The summed E-state index contributed by atoms with van der Waals surface area (Å²) in [6, 6.07) is 7.48. The molecule has 2 rings (SSSR count). The summed E-state index contributed by atoms with van der Waals surface area (Å²) in [5, 5.41) is 20.8. The number of rotatable bonds is 6. The molecule has 0 saturated carbocycles. The molecular weight excluding hydrogens is 311 g/mol. The average molecular weight is 330 g/mol. The standard InChI is InChI=1S/C16H19FN6O/c1-10(11-5-2-3-6-13(11)17)21-16(24)20-8-4-7-14-12(9-18)15(19)23-22-14/h2-3,5-6,10H,4,7-8H2,1H3,(H3,19,22,23)(H2,20,21,24)/t10-/m0/s1. The highest BCUT2D eigenvalue weighted by atomic mass is 19.1. The zero-order valence-corrected chi connectivity index (χ0v) is 13.3. The molecule has 0 unspecified atom stereocenters. The van der Waals surface area contributed by atoms with Gasteiger partial charge in [-0.3, -0.25) is 5.10 Å². The number of benzene rings is 1. The van der Waals surface area contributed by atoms with E-state index in [1.165, 1.54) is 6.07 Å². The van der Waals surface area contributed by atoms with Crippen molar-refractivity contribution in [3.05, 3.63) is 46.9 Å². The van der Waals surface area contributed by atoms with E-state index in [0.29, 0.717) is 36.2 Å². The molecule has 126 valence electrons. The number of nitriles is 1. The van der Waals surface area contributed by atoms with E-state index in [1.54, 1.807) is 25.1 Å². The van der Waals surface area contributed by atoms with Crippen molar-refractivity contribution in [1.29, 1.82) is 5.26 Å². The fourth-order valence-electron chi connectivity index (χ4n) is 2.32. The number of urea groups is 1. The van der Waals surface area contributed by atoms with Crippen molar-refractivity contribution in [3.8, 4) is 6.07 Å². The molecular formula is C16H19FN6O. The first-order chi connectivity index (χ1) is 11.5. The molecule has 8 heteroatoms. The molecule has 7 nitrogen and oxygen atoms in total. The smallest absolute Gasteiger partial charge is 0.315 e. The third-order valence-electron chi connectivity index (χ3n) is 3.59. The fourth-order valence-corrected chi connectivity index (χ4v) is 2.32. The Labute approximate surface area is 139 Å². The maximum Gasteiger partial charge on any atom is 0.315 e. The number of nitrogens with one attached hydrogen (secondary N) is 3. The minimum Gasteiger partial charge on any atom is -0.381 e. The summed E-state index contributed by atoms with van der Waals surface area (Å²) in [5.41, 5.74) is 6.97. The van der Waals surface area contributed by atoms with E-state index in [9.17, 15) is 9.18 Å². The molecule has 2 amide bonds. The largest absolute Gasteiger partial charge is 0.381 e. The van der Waals surface area contributed by atoms with Crippen molar-refractivity contribution in [2.75, 3.05) is 12.3 Å². The lowest BCUT2D eigenvalue weighted by Gasteiger charge is -2.15. The average Bonchev–Trinajstić information content (AvgIpc) is 2.91. The number of aryl methyl sites for hydroxylation is 1. The van der Waals surface area contributed by atoms with Gasteiger partial charge in [0.25, 0.3) is 0 Å². The number of anilines is 1. The monoisotopic (exact) mass is 330 g/mol. The molecule has 1 atom stereocenters. The number of hydrogen-bond acceptors (Lipinski definition) is 4. The Hall–Kier alpha value is -3.08. The summed E-state index contributed by atoms with van der Waals surface area (Å²) in [6.45, 7) is 2.12. The van der Waals surface area contributed by atoms with Crippen molar-refractivity contribution >= 4 is 11.8 Å². The maximum absolute atomic E-state index is 13.6. The second-order valence-corrected chi connectivity index (χ2v) is 5.32. The molecule has 1 aromatic carbocycles. The highest BCUT2D eigenvalue weighted by Gasteiger charge is 2.13. The zero-order valence-electron chi connectivity index (χ0n) is 13.3. The molecule has 0 spiro atoms. The van der Waals surface area contributed by atoms with Gasteiger partial charge in [0.2, 0.25) is 0 Å². The second kappa shape index (κ2) is 7.97. The molecule has 0 aliphatic heterocycles. The van der Waals surface area contributed by atoms with E-state index in [1.807, 2.05) is 6.07 Å². The Morgan fingerprint density at radius 2 is 2.25 bits per heavy atom.